The van der Waals surface area contributed by atoms with E-state index in [1.807, 2.05) is 0 Å². The van der Waals surface area contributed by atoms with E-state index in [2.05, 4.69) is 0 Å². The first-order valence-corrected chi connectivity index (χ1v) is 5.38. The Bertz CT molecular complexity index is 474. The number of hydrogen-bond donors (Lipinski definition) is 0. The molecule has 0 aromatic carbocycles. The van der Waals surface area contributed by atoms with Crippen molar-refractivity contribution in [3.8, 4) is 0 Å². The molecule has 7 nitrogen and oxygen atoms in total. The minimum atomic E-state index is -1.16. The van der Waals surface area contributed by atoms with Gasteiger partial charge in [-0.2, -0.15) is 0 Å². The Labute approximate surface area is 102 Å². The van der Waals surface area contributed by atoms with E-state index in [0.29, 0.717) is 4.90 Å². The number of nitrogens with zero attached hydrogens (tertiary/aromatic N) is 2. The molecule has 0 bridgehead atoms. The number of imide groups is 4. The van der Waals surface area contributed by atoms with Crippen LogP contribution < -0.4 is 0 Å². The van der Waals surface area contributed by atoms with Crippen LogP contribution in [0, 0.1) is 0 Å². The summed E-state index contributed by atoms with van der Waals surface area (Å²) in [5.74, 6) is -3.28. The molecule has 0 radical (unpaired) electrons. The van der Waals surface area contributed by atoms with E-state index in [4.69, 9.17) is 0 Å². The first-order chi connectivity index (χ1) is 8.43. The van der Waals surface area contributed by atoms with E-state index in [-0.39, 0.29) is 12.8 Å². The SMILES string of the molecule is CC(C(=O)N1C(=O)CCC1=O)N1C(=O)C=CC1=O. The molecular formula is C11H10N2O5. The Morgan fingerprint density at radius 1 is 1.06 bits per heavy atom. The lowest BCUT2D eigenvalue weighted by Gasteiger charge is -2.24. The van der Waals surface area contributed by atoms with E-state index in [1.165, 1.54) is 6.92 Å². The zero-order valence-corrected chi connectivity index (χ0v) is 9.58. The van der Waals surface area contributed by atoms with E-state index >= 15 is 0 Å². The van der Waals surface area contributed by atoms with Crippen LogP contribution in [0.2, 0.25) is 0 Å². The van der Waals surface area contributed by atoms with Crippen LogP contribution in [0.25, 0.3) is 0 Å². The Hall–Kier alpha value is -2.31. The monoisotopic (exact) mass is 250 g/mol. The lowest BCUT2D eigenvalue weighted by molar-refractivity contribution is -0.157. The van der Waals surface area contributed by atoms with Gasteiger partial charge in [0.15, 0.2) is 0 Å². The van der Waals surface area contributed by atoms with Crippen molar-refractivity contribution in [1.29, 1.82) is 0 Å². The van der Waals surface area contributed by atoms with E-state index < -0.39 is 35.6 Å². The van der Waals surface area contributed by atoms with Crippen LogP contribution >= 0.6 is 0 Å². The molecule has 0 aromatic heterocycles. The molecule has 0 aliphatic carbocycles. The second kappa shape index (κ2) is 4.17. The minimum Gasteiger partial charge on any atom is -0.274 e. The van der Waals surface area contributed by atoms with Gasteiger partial charge in [-0.3, -0.25) is 28.9 Å². The number of amides is 5. The summed E-state index contributed by atoms with van der Waals surface area (Å²) in [4.78, 5) is 58.7. The summed E-state index contributed by atoms with van der Waals surface area (Å²) >= 11 is 0. The molecule has 7 heteroatoms. The van der Waals surface area contributed by atoms with Gasteiger partial charge in [-0.25, -0.2) is 4.90 Å². The van der Waals surface area contributed by atoms with Crippen molar-refractivity contribution in [3.63, 3.8) is 0 Å². The highest BCUT2D eigenvalue weighted by Crippen LogP contribution is 2.17. The highest BCUT2D eigenvalue weighted by Gasteiger charge is 2.41. The molecule has 0 aromatic rings. The molecule has 0 N–H and O–H groups in total. The Morgan fingerprint density at radius 2 is 1.50 bits per heavy atom. The number of rotatable bonds is 2. The van der Waals surface area contributed by atoms with Gasteiger partial charge in [-0.05, 0) is 6.92 Å². The Morgan fingerprint density at radius 3 is 1.94 bits per heavy atom. The molecule has 0 spiro atoms. The van der Waals surface area contributed by atoms with Crippen molar-refractivity contribution >= 4 is 29.5 Å². The first-order valence-electron chi connectivity index (χ1n) is 5.38. The highest BCUT2D eigenvalue weighted by molar-refractivity contribution is 6.20. The van der Waals surface area contributed by atoms with Gasteiger partial charge in [0, 0.05) is 25.0 Å². The van der Waals surface area contributed by atoms with Crippen molar-refractivity contribution in [1.82, 2.24) is 9.80 Å². The summed E-state index contributed by atoms with van der Waals surface area (Å²) < 4.78 is 0. The van der Waals surface area contributed by atoms with Gasteiger partial charge in [0.1, 0.15) is 6.04 Å². The third kappa shape index (κ3) is 1.73. The van der Waals surface area contributed by atoms with Crippen LogP contribution in [0.1, 0.15) is 19.8 Å². The number of carbonyl (C=O) groups excluding carboxylic acids is 5. The van der Waals surface area contributed by atoms with Gasteiger partial charge < -0.3 is 0 Å². The van der Waals surface area contributed by atoms with Gasteiger partial charge in [-0.15, -0.1) is 0 Å². The van der Waals surface area contributed by atoms with Crippen molar-refractivity contribution < 1.29 is 24.0 Å². The normalized spacial score (nSPS) is 21.2. The fraction of sp³-hybridized carbons (Fsp3) is 0.364. The van der Waals surface area contributed by atoms with Gasteiger partial charge in [0.2, 0.25) is 11.8 Å². The van der Waals surface area contributed by atoms with Crippen LogP contribution in [0.4, 0.5) is 0 Å². The molecule has 2 aliphatic rings. The molecule has 5 amide bonds. The average molecular weight is 250 g/mol. The molecule has 1 saturated heterocycles. The maximum absolute atomic E-state index is 12.0. The summed E-state index contributed by atoms with van der Waals surface area (Å²) in [5.41, 5.74) is 0. The summed E-state index contributed by atoms with van der Waals surface area (Å²) in [5, 5.41) is 0. The van der Waals surface area contributed by atoms with E-state index in [0.717, 1.165) is 17.1 Å². The van der Waals surface area contributed by atoms with Crippen LogP contribution in [0.15, 0.2) is 12.2 Å². The lowest BCUT2D eigenvalue weighted by atomic mass is 10.2. The van der Waals surface area contributed by atoms with Crippen LogP contribution in [-0.4, -0.2) is 45.4 Å². The van der Waals surface area contributed by atoms with Crippen molar-refractivity contribution in [2.45, 2.75) is 25.8 Å². The van der Waals surface area contributed by atoms with Crippen molar-refractivity contribution in [2.24, 2.45) is 0 Å². The second-order valence-electron chi connectivity index (χ2n) is 4.02. The van der Waals surface area contributed by atoms with Crippen molar-refractivity contribution in [2.75, 3.05) is 0 Å². The third-order valence-electron chi connectivity index (χ3n) is 2.86. The number of likely N-dealkylation sites (tertiary alicyclic amines) is 1. The van der Waals surface area contributed by atoms with Crippen LogP contribution in [0.5, 0.6) is 0 Å². The molecule has 1 fully saturated rings. The quantitative estimate of drug-likeness (QED) is 0.585. The molecule has 2 heterocycles. The van der Waals surface area contributed by atoms with Crippen LogP contribution in [-0.2, 0) is 24.0 Å². The summed E-state index contributed by atoms with van der Waals surface area (Å²) in [6, 6.07) is -1.16. The summed E-state index contributed by atoms with van der Waals surface area (Å²) in [6.07, 6.45) is 2.05. The smallest absolute Gasteiger partial charge is 0.259 e. The first kappa shape index (κ1) is 12.2. The third-order valence-corrected chi connectivity index (χ3v) is 2.86. The minimum absolute atomic E-state index is 0.0164. The Balaban J connectivity index is 2.19. The van der Waals surface area contributed by atoms with Crippen LogP contribution in [0.3, 0.4) is 0 Å². The van der Waals surface area contributed by atoms with E-state index in [1.54, 1.807) is 0 Å². The zero-order chi connectivity index (χ0) is 13.4. The molecule has 0 saturated carbocycles. The number of hydrogen-bond acceptors (Lipinski definition) is 5. The zero-order valence-electron chi connectivity index (χ0n) is 9.58. The lowest BCUT2D eigenvalue weighted by Crippen LogP contribution is -2.51. The average Bonchev–Trinajstić information content (AvgIpc) is 2.81. The molecule has 2 aliphatic heterocycles. The van der Waals surface area contributed by atoms with Gasteiger partial charge in [-0.1, -0.05) is 0 Å². The largest absolute Gasteiger partial charge is 0.274 e. The predicted molar refractivity (Wildman–Crippen MR) is 56.5 cm³/mol. The van der Waals surface area contributed by atoms with E-state index in [9.17, 15) is 24.0 Å². The number of carbonyl (C=O) groups is 5. The highest BCUT2D eigenvalue weighted by atomic mass is 16.2. The maximum Gasteiger partial charge on any atom is 0.259 e. The maximum atomic E-state index is 12.0. The topological polar surface area (TPSA) is 91.8 Å². The fourth-order valence-corrected chi connectivity index (χ4v) is 1.91. The summed E-state index contributed by atoms with van der Waals surface area (Å²) in [7, 11) is 0. The molecule has 1 atom stereocenters. The van der Waals surface area contributed by atoms with Gasteiger partial charge >= 0.3 is 0 Å². The van der Waals surface area contributed by atoms with Gasteiger partial charge in [0.25, 0.3) is 17.7 Å². The fourth-order valence-electron chi connectivity index (χ4n) is 1.91. The molecular weight excluding hydrogens is 240 g/mol. The molecule has 1 unspecified atom stereocenters. The standard InChI is InChI=1S/C11H10N2O5/c1-6(12-7(14)2-3-8(12)15)11(18)13-9(16)4-5-10(13)17/h2-3,6H,4-5H2,1H3. The predicted octanol–water partition coefficient (Wildman–Crippen LogP) is -1.02. The second-order valence-corrected chi connectivity index (χ2v) is 4.02. The van der Waals surface area contributed by atoms with Gasteiger partial charge in [0.05, 0.1) is 0 Å². The molecule has 2 rings (SSSR count). The summed E-state index contributed by atoms with van der Waals surface area (Å²) in [6.45, 7) is 1.31. The molecule has 94 valence electrons. The molecule has 18 heavy (non-hydrogen) atoms. The Kier molecular flexibility index (Phi) is 2.82. The van der Waals surface area contributed by atoms with Crippen molar-refractivity contribution in [3.05, 3.63) is 12.2 Å².